The molecule has 0 aromatic heterocycles. The highest BCUT2D eigenvalue weighted by Crippen LogP contribution is 2.39. The number of likely N-dealkylation sites (tertiary alicyclic amines) is 1. The number of piperidine rings is 1. The molecule has 2 saturated heterocycles. The number of carboxylic acids is 1. The van der Waals surface area contributed by atoms with E-state index >= 15 is 0 Å². The van der Waals surface area contributed by atoms with E-state index in [1.54, 1.807) is 17.0 Å². The molecule has 2 fully saturated rings. The van der Waals surface area contributed by atoms with Crippen molar-refractivity contribution >= 4 is 17.8 Å². The molecule has 28 heavy (non-hydrogen) atoms. The van der Waals surface area contributed by atoms with Crippen molar-refractivity contribution in [1.29, 1.82) is 0 Å². The van der Waals surface area contributed by atoms with Crippen molar-refractivity contribution < 1.29 is 24.2 Å². The van der Waals surface area contributed by atoms with Crippen LogP contribution in [0.1, 0.15) is 49.0 Å². The van der Waals surface area contributed by atoms with Crippen LogP contribution < -0.4 is 0 Å². The fourth-order valence-electron chi connectivity index (χ4n) is 4.08. The van der Waals surface area contributed by atoms with Gasteiger partial charge in [-0.05, 0) is 24.5 Å². The van der Waals surface area contributed by atoms with Crippen molar-refractivity contribution in [3.8, 4) is 0 Å². The maximum atomic E-state index is 13.3. The van der Waals surface area contributed by atoms with Crippen LogP contribution in [-0.4, -0.2) is 64.2 Å². The molecule has 3 rings (SSSR count). The number of aryl methyl sites for hydroxylation is 1. The zero-order chi connectivity index (χ0) is 20.5. The monoisotopic (exact) mass is 388 g/mol. The Bertz CT molecular complexity index is 768. The van der Waals surface area contributed by atoms with Gasteiger partial charge in [0.25, 0.3) is 5.91 Å². The molecule has 0 bridgehead atoms. The topological polar surface area (TPSA) is 87.2 Å². The summed E-state index contributed by atoms with van der Waals surface area (Å²) >= 11 is 0. The van der Waals surface area contributed by atoms with Gasteiger partial charge in [0, 0.05) is 37.9 Å². The molecule has 0 aliphatic carbocycles. The Morgan fingerprint density at radius 1 is 1.21 bits per heavy atom. The van der Waals surface area contributed by atoms with Crippen LogP contribution in [0.2, 0.25) is 0 Å². The summed E-state index contributed by atoms with van der Waals surface area (Å²) < 4.78 is 5.95. The SMILES string of the molecule is Cc1ccccc1C(=O)N1[C@@H](C(=O)O)COC12CCN(C(=O)CC(C)C)CC2. The lowest BCUT2D eigenvalue weighted by atomic mass is 9.95. The third-order valence-electron chi connectivity index (χ3n) is 5.62. The minimum atomic E-state index is -1.07. The quantitative estimate of drug-likeness (QED) is 0.855. The number of benzene rings is 1. The van der Waals surface area contributed by atoms with Gasteiger partial charge in [0.15, 0.2) is 6.04 Å². The molecule has 1 atom stereocenters. The van der Waals surface area contributed by atoms with Crippen molar-refractivity contribution in [1.82, 2.24) is 9.80 Å². The number of carbonyl (C=O) groups is 3. The number of hydrogen-bond acceptors (Lipinski definition) is 4. The maximum absolute atomic E-state index is 13.3. The fraction of sp³-hybridized carbons (Fsp3) is 0.571. The number of nitrogens with zero attached hydrogens (tertiary/aromatic N) is 2. The zero-order valence-corrected chi connectivity index (χ0v) is 16.7. The number of amides is 2. The van der Waals surface area contributed by atoms with E-state index in [2.05, 4.69) is 0 Å². The molecule has 2 heterocycles. The second kappa shape index (κ2) is 7.91. The predicted molar refractivity (Wildman–Crippen MR) is 103 cm³/mol. The van der Waals surface area contributed by atoms with Gasteiger partial charge in [0.1, 0.15) is 5.72 Å². The van der Waals surface area contributed by atoms with Gasteiger partial charge in [-0.15, -0.1) is 0 Å². The largest absolute Gasteiger partial charge is 0.480 e. The second-order valence-corrected chi connectivity index (χ2v) is 8.08. The highest BCUT2D eigenvalue weighted by Gasteiger charge is 2.54. The number of rotatable bonds is 4. The standard InChI is InChI=1S/C21H28N2O5/c1-14(2)12-18(24)22-10-8-21(9-11-22)23(17(13-28-21)20(26)27)19(25)16-7-5-4-6-15(16)3/h4-7,14,17H,8-13H2,1-3H3,(H,26,27)/t17-/m1/s1. The first-order valence-corrected chi connectivity index (χ1v) is 9.79. The lowest BCUT2D eigenvalue weighted by Gasteiger charge is -2.44. The summed E-state index contributed by atoms with van der Waals surface area (Å²) in [6.45, 7) is 6.71. The summed E-state index contributed by atoms with van der Waals surface area (Å²) in [5, 5.41) is 9.66. The Morgan fingerprint density at radius 2 is 1.86 bits per heavy atom. The van der Waals surface area contributed by atoms with E-state index in [9.17, 15) is 19.5 Å². The third-order valence-corrected chi connectivity index (χ3v) is 5.62. The summed E-state index contributed by atoms with van der Waals surface area (Å²) in [4.78, 5) is 40.7. The van der Waals surface area contributed by atoms with Crippen LogP contribution in [0.4, 0.5) is 0 Å². The lowest BCUT2D eigenvalue weighted by molar-refractivity contribution is -0.148. The van der Waals surface area contributed by atoms with E-state index in [-0.39, 0.29) is 24.3 Å². The molecule has 7 nitrogen and oxygen atoms in total. The van der Waals surface area contributed by atoms with E-state index < -0.39 is 17.7 Å². The molecular formula is C21H28N2O5. The summed E-state index contributed by atoms with van der Waals surface area (Å²) in [5.74, 6) is -1.03. The zero-order valence-electron chi connectivity index (χ0n) is 16.7. The normalized spacial score (nSPS) is 21.4. The Kier molecular flexibility index (Phi) is 5.74. The molecule has 1 aromatic carbocycles. The molecule has 1 spiro atoms. The van der Waals surface area contributed by atoms with Crippen molar-refractivity contribution in [3.63, 3.8) is 0 Å². The smallest absolute Gasteiger partial charge is 0.328 e. The molecule has 2 aliphatic heterocycles. The van der Waals surface area contributed by atoms with Crippen LogP contribution in [-0.2, 0) is 14.3 Å². The Balaban J connectivity index is 1.84. The van der Waals surface area contributed by atoms with Crippen molar-refractivity contribution in [2.24, 2.45) is 5.92 Å². The van der Waals surface area contributed by atoms with Crippen molar-refractivity contribution in [2.45, 2.75) is 51.8 Å². The number of ether oxygens (including phenoxy) is 1. The Hall–Kier alpha value is -2.41. The number of carbonyl (C=O) groups excluding carboxylic acids is 2. The molecule has 0 unspecified atom stereocenters. The predicted octanol–water partition coefficient (Wildman–Crippen LogP) is 2.29. The van der Waals surface area contributed by atoms with Crippen LogP contribution in [0.15, 0.2) is 24.3 Å². The van der Waals surface area contributed by atoms with Gasteiger partial charge in [0.05, 0.1) is 6.61 Å². The van der Waals surface area contributed by atoms with Gasteiger partial charge in [-0.3, -0.25) is 14.5 Å². The Labute approximate surface area is 165 Å². The van der Waals surface area contributed by atoms with Crippen LogP contribution in [0.3, 0.4) is 0 Å². The van der Waals surface area contributed by atoms with Gasteiger partial charge >= 0.3 is 5.97 Å². The number of hydrogen-bond donors (Lipinski definition) is 1. The van der Waals surface area contributed by atoms with Crippen LogP contribution in [0.5, 0.6) is 0 Å². The molecule has 7 heteroatoms. The summed E-state index contributed by atoms with van der Waals surface area (Å²) in [7, 11) is 0. The molecule has 152 valence electrons. The second-order valence-electron chi connectivity index (χ2n) is 8.08. The van der Waals surface area contributed by atoms with Gasteiger partial charge < -0.3 is 14.7 Å². The van der Waals surface area contributed by atoms with Gasteiger partial charge in [-0.2, -0.15) is 0 Å². The molecule has 0 radical (unpaired) electrons. The van der Waals surface area contributed by atoms with E-state index in [0.29, 0.717) is 37.9 Å². The summed E-state index contributed by atoms with van der Waals surface area (Å²) in [5.41, 5.74) is 0.303. The average Bonchev–Trinajstić information content (AvgIpc) is 3.00. The van der Waals surface area contributed by atoms with Crippen molar-refractivity contribution in [3.05, 3.63) is 35.4 Å². The van der Waals surface area contributed by atoms with E-state index in [4.69, 9.17) is 4.74 Å². The first-order chi connectivity index (χ1) is 13.2. The molecule has 0 saturated carbocycles. The molecule has 1 N–H and O–H groups in total. The summed E-state index contributed by atoms with van der Waals surface area (Å²) in [6, 6.07) is 6.14. The maximum Gasteiger partial charge on any atom is 0.328 e. The highest BCUT2D eigenvalue weighted by atomic mass is 16.5. The van der Waals surface area contributed by atoms with Crippen LogP contribution in [0, 0.1) is 12.8 Å². The minimum absolute atomic E-state index is 0.0348. The fourth-order valence-corrected chi connectivity index (χ4v) is 4.08. The van der Waals surface area contributed by atoms with Gasteiger partial charge in [-0.25, -0.2) is 4.79 Å². The van der Waals surface area contributed by atoms with Gasteiger partial charge in [-0.1, -0.05) is 32.0 Å². The van der Waals surface area contributed by atoms with E-state index in [1.807, 2.05) is 32.9 Å². The average molecular weight is 388 g/mol. The van der Waals surface area contributed by atoms with E-state index in [1.165, 1.54) is 4.90 Å². The molecular weight excluding hydrogens is 360 g/mol. The van der Waals surface area contributed by atoms with Gasteiger partial charge in [0.2, 0.25) is 5.91 Å². The van der Waals surface area contributed by atoms with E-state index in [0.717, 1.165) is 5.56 Å². The third kappa shape index (κ3) is 3.76. The van der Waals surface area contributed by atoms with Crippen LogP contribution >= 0.6 is 0 Å². The first kappa shape index (κ1) is 20.3. The minimum Gasteiger partial charge on any atom is -0.480 e. The Morgan fingerprint density at radius 3 is 2.43 bits per heavy atom. The first-order valence-electron chi connectivity index (χ1n) is 9.79. The summed E-state index contributed by atoms with van der Waals surface area (Å²) in [6.07, 6.45) is 1.31. The lowest BCUT2D eigenvalue weighted by Crippen LogP contribution is -2.58. The highest BCUT2D eigenvalue weighted by molar-refractivity contribution is 5.98. The number of aliphatic carboxylic acids is 1. The molecule has 2 aliphatic rings. The van der Waals surface area contributed by atoms with Crippen LogP contribution in [0.25, 0.3) is 0 Å². The van der Waals surface area contributed by atoms with Crippen molar-refractivity contribution in [2.75, 3.05) is 19.7 Å². The molecule has 1 aromatic rings. The molecule has 2 amide bonds. The number of carboxylic acid groups (broad SMARTS) is 1.